The molecular weight excluding hydrogens is 385 g/mol. The molecule has 0 saturated heterocycles. The van der Waals surface area contributed by atoms with Crippen LogP contribution >= 0.6 is 22.6 Å². The Bertz CT molecular complexity index is 679. The third kappa shape index (κ3) is 3.96. The lowest BCUT2D eigenvalue weighted by molar-refractivity contribution is 0.602. The minimum atomic E-state index is -3.13. The number of anilines is 1. The number of nitrogens with one attached hydrogen (secondary N) is 1. The predicted octanol–water partition coefficient (Wildman–Crippen LogP) is 3.87. The van der Waals surface area contributed by atoms with Gasteiger partial charge >= 0.3 is 0 Å². The molecule has 5 heteroatoms. The maximum absolute atomic E-state index is 11.4. The van der Waals surface area contributed by atoms with Gasteiger partial charge < -0.3 is 5.32 Å². The van der Waals surface area contributed by atoms with Gasteiger partial charge in [-0.05, 0) is 71.5 Å². The number of halogens is 1. The minimum absolute atomic E-state index is 0.163. The summed E-state index contributed by atoms with van der Waals surface area (Å²) in [4.78, 5) is 0.338. The second-order valence-electron chi connectivity index (χ2n) is 4.71. The van der Waals surface area contributed by atoms with Crippen LogP contribution in [-0.4, -0.2) is 14.7 Å². The Morgan fingerprint density at radius 1 is 1.00 bits per heavy atom. The number of hydrogen-bond donors (Lipinski definition) is 1. The van der Waals surface area contributed by atoms with Crippen molar-refractivity contribution in [2.45, 2.75) is 17.9 Å². The Balaban J connectivity index is 2.12. The molecule has 0 heterocycles. The van der Waals surface area contributed by atoms with Crippen LogP contribution in [0.25, 0.3) is 0 Å². The lowest BCUT2D eigenvalue weighted by atomic mass is 10.1. The molecule has 0 saturated carbocycles. The molecule has 0 fully saturated rings. The fourth-order valence-electron chi connectivity index (χ4n) is 1.88. The molecule has 2 rings (SSSR count). The van der Waals surface area contributed by atoms with E-state index in [0.717, 1.165) is 5.69 Å². The van der Waals surface area contributed by atoms with Gasteiger partial charge in [0, 0.05) is 21.6 Å². The van der Waals surface area contributed by atoms with Gasteiger partial charge in [0.1, 0.15) is 0 Å². The van der Waals surface area contributed by atoms with Gasteiger partial charge in [-0.25, -0.2) is 8.42 Å². The molecule has 106 valence electrons. The average Bonchev–Trinajstić information content (AvgIpc) is 2.39. The largest absolute Gasteiger partial charge is 0.379 e. The first-order valence-corrected chi connectivity index (χ1v) is 9.15. The maximum Gasteiger partial charge on any atom is 0.175 e. The van der Waals surface area contributed by atoms with Gasteiger partial charge in [-0.1, -0.05) is 12.1 Å². The summed E-state index contributed by atoms with van der Waals surface area (Å²) in [6.45, 7) is 2.08. The van der Waals surface area contributed by atoms with Crippen molar-refractivity contribution in [2.75, 3.05) is 11.6 Å². The van der Waals surface area contributed by atoms with Crippen molar-refractivity contribution in [2.24, 2.45) is 0 Å². The molecular formula is C15H16INO2S. The predicted molar refractivity (Wildman–Crippen MR) is 90.7 cm³/mol. The molecule has 20 heavy (non-hydrogen) atoms. The molecule has 0 aromatic heterocycles. The van der Waals surface area contributed by atoms with Crippen LogP contribution in [0.4, 0.5) is 5.69 Å². The molecule has 1 unspecified atom stereocenters. The third-order valence-electron chi connectivity index (χ3n) is 3.04. The van der Waals surface area contributed by atoms with Gasteiger partial charge in [-0.3, -0.25) is 0 Å². The molecule has 2 aromatic rings. The highest BCUT2D eigenvalue weighted by atomic mass is 127. The second-order valence-corrected chi connectivity index (χ2v) is 7.98. The maximum atomic E-state index is 11.4. The number of benzene rings is 2. The Labute approximate surface area is 133 Å². The van der Waals surface area contributed by atoms with E-state index in [-0.39, 0.29) is 6.04 Å². The Morgan fingerprint density at radius 2 is 1.55 bits per heavy atom. The molecule has 0 amide bonds. The molecule has 0 aliphatic heterocycles. The van der Waals surface area contributed by atoms with Crippen LogP contribution in [0.2, 0.25) is 0 Å². The van der Waals surface area contributed by atoms with Crippen molar-refractivity contribution in [3.05, 3.63) is 57.7 Å². The van der Waals surface area contributed by atoms with Gasteiger partial charge in [0.2, 0.25) is 0 Å². The van der Waals surface area contributed by atoms with Crippen molar-refractivity contribution >= 4 is 38.1 Å². The average molecular weight is 401 g/mol. The molecule has 1 atom stereocenters. The second kappa shape index (κ2) is 6.13. The van der Waals surface area contributed by atoms with Crippen LogP contribution in [0, 0.1) is 3.57 Å². The quantitative estimate of drug-likeness (QED) is 0.792. The summed E-state index contributed by atoms with van der Waals surface area (Å²) >= 11 is 2.28. The standard InChI is InChI=1S/C15H16INO2S/c1-11(12-3-5-13(16)6-4-12)17-14-7-9-15(10-8-14)20(2,18)19/h3-11,17H,1-2H3. The number of rotatable bonds is 4. The molecule has 3 nitrogen and oxygen atoms in total. The fraction of sp³-hybridized carbons (Fsp3) is 0.200. The van der Waals surface area contributed by atoms with Crippen LogP contribution < -0.4 is 5.32 Å². The van der Waals surface area contributed by atoms with E-state index in [4.69, 9.17) is 0 Å². The lowest BCUT2D eigenvalue weighted by Crippen LogP contribution is -2.06. The normalized spacial score (nSPS) is 12.9. The Morgan fingerprint density at radius 3 is 2.05 bits per heavy atom. The van der Waals surface area contributed by atoms with Crippen LogP contribution in [-0.2, 0) is 9.84 Å². The minimum Gasteiger partial charge on any atom is -0.379 e. The van der Waals surface area contributed by atoms with E-state index < -0.39 is 9.84 Å². The molecule has 0 radical (unpaired) electrons. The summed E-state index contributed by atoms with van der Waals surface area (Å²) in [5.74, 6) is 0. The monoisotopic (exact) mass is 401 g/mol. The van der Waals surface area contributed by atoms with E-state index in [9.17, 15) is 8.42 Å². The topological polar surface area (TPSA) is 46.2 Å². The van der Waals surface area contributed by atoms with Gasteiger partial charge in [-0.15, -0.1) is 0 Å². The molecule has 0 bridgehead atoms. The number of sulfone groups is 1. The van der Waals surface area contributed by atoms with Crippen molar-refractivity contribution in [3.63, 3.8) is 0 Å². The summed E-state index contributed by atoms with van der Waals surface area (Å²) in [5.41, 5.74) is 2.10. The zero-order chi connectivity index (χ0) is 14.8. The zero-order valence-electron chi connectivity index (χ0n) is 11.3. The summed E-state index contributed by atoms with van der Waals surface area (Å²) in [6, 6.07) is 15.3. The van der Waals surface area contributed by atoms with Crippen LogP contribution in [0.1, 0.15) is 18.5 Å². The Kier molecular flexibility index (Phi) is 4.70. The lowest BCUT2D eigenvalue weighted by Gasteiger charge is -2.16. The smallest absolute Gasteiger partial charge is 0.175 e. The molecule has 0 aliphatic rings. The van der Waals surface area contributed by atoms with Crippen molar-refractivity contribution in [1.82, 2.24) is 0 Å². The SMILES string of the molecule is CC(Nc1ccc(S(C)(=O)=O)cc1)c1ccc(I)cc1. The van der Waals surface area contributed by atoms with Crippen molar-refractivity contribution < 1.29 is 8.42 Å². The highest BCUT2D eigenvalue weighted by Crippen LogP contribution is 2.21. The summed E-state index contributed by atoms with van der Waals surface area (Å²) in [7, 11) is -3.13. The van der Waals surface area contributed by atoms with Gasteiger partial charge in [0.05, 0.1) is 4.90 Å². The zero-order valence-corrected chi connectivity index (χ0v) is 14.3. The van der Waals surface area contributed by atoms with Crippen LogP contribution in [0.15, 0.2) is 53.4 Å². The Hall–Kier alpha value is -1.08. The molecule has 0 spiro atoms. The van der Waals surface area contributed by atoms with E-state index in [1.807, 2.05) is 0 Å². The van der Waals surface area contributed by atoms with E-state index >= 15 is 0 Å². The first kappa shape index (κ1) is 15.3. The third-order valence-corrected chi connectivity index (χ3v) is 4.88. The number of hydrogen-bond acceptors (Lipinski definition) is 3. The summed E-state index contributed by atoms with van der Waals surface area (Å²) in [5, 5.41) is 3.36. The first-order valence-electron chi connectivity index (χ1n) is 6.18. The van der Waals surface area contributed by atoms with Gasteiger partial charge in [0.15, 0.2) is 9.84 Å². The van der Waals surface area contributed by atoms with E-state index in [2.05, 4.69) is 59.1 Å². The first-order chi connectivity index (χ1) is 9.36. The van der Waals surface area contributed by atoms with Crippen molar-refractivity contribution in [3.8, 4) is 0 Å². The van der Waals surface area contributed by atoms with Crippen LogP contribution in [0.3, 0.4) is 0 Å². The molecule has 2 aromatic carbocycles. The van der Waals surface area contributed by atoms with Crippen molar-refractivity contribution in [1.29, 1.82) is 0 Å². The summed E-state index contributed by atoms with van der Waals surface area (Å²) in [6.07, 6.45) is 1.21. The van der Waals surface area contributed by atoms with Gasteiger partial charge in [-0.2, -0.15) is 0 Å². The van der Waals surface area contributed by atoms with Gasteiger partial charge in [0.25, 0.3) is 0 Å². The van der Waals surface area contributed by atoms with E-state index in [1.165, 1.54) is 15.4 Å². The summed E-state index contributed by atoms with van der Waals surface area (Å²) < 4.78 is 24.0. The highest BCUT2D eigenvalue weighted by molar-refractivity contribution is 14.1. The fourth-order valence-corrected chi connectivity index (χ4v) is 2.87. The molecule has 0 aliphatic carbocycles. The van der Waals surface area contributed by atoms with E-state index in [0.29, 0.717) is 4.90 Å². The molecule has 1 N–H and O–H groups in total. The van der Waals surface area contributed by atoms with E-state index in [1.54, 1.807) is 24.3 Å². The highest BCUT2D eigenvalue weighted by Gasteiger charge is 2.08. The van der Waals surface area contributed by atoms with Crippen LogP contribution in [0.5, 0.6) is 0 Å².